The third-order valence-electron chi connectivity index (χ3n) is 2.23. The maximum absolute atomic E-state index is 12.3. The highest BCUT2D eigenvalue weighted by Gasteiger charge is 2.32. The van der Waals surface area contributed by atoms with E-state index in [1.54, 1.807) is 13.0 Å². The third kappa shape index (κ3) is 3.34. The standard InChI is InChI=1S/C12H10F3N3O/c1-7-6-10(16)18-11(17-7)8-4-2-3-5-9(8)19-12(13,14)15/h2-6H,1H3,(H2,16,17,18). The maximum atomic E-state index is 12.3. The van der Waals surface area contributed by atoms with Crippen molar-refractivity contribution in [2.45, 2.75) is 13.3 Å². The van der Waals surface area contributed by atoms with Gasteiger partial charge in [-0.2, -0.15) is 0 Å². The average Bonchev–Trinajstić information content (AvgIpc) is 2.26. The zero-order valence-corrected chi connectivity index (χ0v) is 9.90. The van der Waals surface area contributed by atoms with Crippen LogP contribution in [0.25, 0.3) is 11.4 Å². The largest absolute Gasteiger partial charge is 0.573 e. The molecule has 4 nitrogen and oxygen atoms in total. The first-order valence-corrected chi connectivity index (χ1v) is 5.31. The van der Waals surface area contributed by atoms with E-state index in [1.807, 2.05) is 0 Å². The Morgan fingerprint density at radius 2 is 1.84 bits per heavy atom. The van der Waals surface area contributed by atoms with Crippen LogP contribution >= 0.6 is 0 Å². The molecule has 0 saturated carbocycles. The molecule has 0 bridgehead atoms. The van der Waals surface area contributed by atoms with E-state index in [-0.39, 0.29) is 23.0 Å². The van der Waals surface area contributed by atoms with Crippen molar-refractivity contribution in [1.29, 1.82) is 0 Å². The van der Waals surface area contributed by atoms with Crippen molar-refractivity contribution < 1.29 is 17.9 Å². The average molecular weight is 269 g/mol. The lowest BCUT2D eigenvalue weighted by Crippen LogP contribution is -2.17. The number of aryl methyl sites for hydroxylation is 1. The Morgan fingerprint density at radius 3 is 2.47 bits per heavy atom. The summed E-state index contributed by atoms with van der Waals surface area (Å²) in [6.45, 7) is 1.68. The lowest BCUT2D eigenvalue weighted by atomic mass is 10.2. The van der Waals surface area contributed by atoms with Crippen molar-refractivity contribution in [3.8, 4) is 17.1 Å². The molecule has 2 aromatic rings. The SMILES string of the molecule is Cc1cc(N)nc(-c2ccccc2OC(F)(F)F)n1. The van der Waals surface area contributed by atoms with Gasteiger partial charge in [-0.15, -0.1) is 13.2 Å². The van der Waals surface area contributed by atoms with E-state index in [2.05, 4.69) is 14.7 Å². The zero-order valence-electron chi connectivity index (χ0n) is 9.90. The fourth-order valence-corrected chi connectivity index (χ4v) is 1.58. The van der Waals surface area contributed by atoms with Crippen LogP contribution in [0.3, 0.4) is 0 Å². The summed E-state index contributed by atoms with van der Waals surface area (Å²) in [5, 5.41) is 0. The molecule has 19 heavy (non-hydrogen) atoms. The van der Waals surface area contributed by atoms with E-state index in [0.29, 0.717) is 5.69 Å². The Balaban J connectivity index is 2.50. The van der Waals surface area contributed by atoms with E-state index >= 15 is 0 Å². The summed E-state index contributed by atoms with van der Waals surface area (Å²) in [6.07, 6.45) is -4.77. The second-order valence-corrected chi connectivity index (χ2v) is 3.80. The number of nitrogens with zero attached hydrogens (tertiary/aromatic N) is 2. The van der Waals surface area contributed by atoms with Gasteiger partial charge in [0.1, 0.15) is 11.6 Å². The van der Waals surface area contributed by atoms with Gasteiger partial charge in [-0.1, -0.05) is 12.1 Å². The Bertz CT molecular complexity index is 579. The van der Waals surface area contributed by atoms with Gasteiger partial charge >= 0.3 is 6.36 Å². The highest BCUT2D eigenvalue weighted by molar-refractivity contribution is 5.65. The predicted octanol–water partition coefficient (Wildman–Crippen LogP) is 2.93. The van der Waals surface area contributed by atoms with Crippen molar-refractivity contribution in [3.05, 3.63) is 36.0 Å². The third-order valence-corrected chi connectivity index (χ3v) is 2.23. The molecule has 0 amide bonds. The van der Waals surface area contributed by atoms with Crippen LogP contribution in [-0.4, -0.2) is 16.3 Å². The topological polar surface area (TPSA) is 61.0 Å². The molecular formula is C12H10F3N3O. The Kier molecular flexibility index (Phi) is 3.28. The van der Waals surface area contributed by atoms with Crippen LogP contribution in [0.15, 0.2) is 30.3 Å². The molecule has 7 heteroatoms. The predicted molar refractivity (Wildman–Crippen MR) is 63.3 cm³/mol. The van der Waals surface area contributed by atoms with Gasteiger partial charge in [0.25, 0.3) is 0 Å². The number of hydrogen-bond acceptors (Lipinski definition) is 4. The highest BCUT2D eigenvalue weighted by atomic mass is 19.4. The number of hydrogen-bond donors (Lipinski definition) is 1. The summed E-state index contributed by atoms with van der Waals surface area (Å²) in [7, 11) is 0. The molecule has 0 atom stereocenters. The molecule has 1 heterocycles. The summed E-state index contributed by atoms with van der Waals surface area (Å²) in [5.74, 6) is -0.0818. The first kappa shape index (κ1) is 13.1. The van der Waals surface area contributed by atoms with Crippen LogP contribution in [0.1, 0.15) is 5.69 Å². The van der Waals surface area contributed by atoms with Crippen LogP contribution in [0.2, 0.25) is 0 Å². The zero-order chi connectivity index (χ0) is 14.0. The summed E-state index contributed by atoms with van der Waals surface area (Å²) in [6, 6.07) is 7.17. The molecule has 1 aromatic carbocycles. The van der Waals surface area contributed by atoms with Gasteiger partial charge in [-0.05, 0) is 19.1 Å². The molecule has 0 aliphatic carbocycles. The van der Waals surface area contributed by atoms with E-state index in [0.717, 1.165) is 0 Å². The van der Waals surface area contributed by atoms with Gasteiger partial charge in [0, 0.05) is 11.8 Å². The normalized spacial score (nSPS) is 11.4. The first-order valence-electron chi connectivity index (χ1n) is 5.31. The number of alkyl halides is 3. The molecule has 100 valence electrons. The molecule has 0 saturated heterocycles. The maximum Gasteiger partial charge on any atom is 0.573 e. The second-order valence-electron chi connectivity index (χ2n) is 3.80. The van der Waals surface area contributed by atoms with Crippen molar-refractivity contribution >= 4 is 5.82 Å². The highest BCUT2D eigenvalue weighted by Crippen LogP contribution is 2.32. The van der Waals surface area contributed by atoms with Gasteiger partial charge in [0.05, 0.1) is 5.56 Å². The van der Waals surface area contributed by atoms with Gasteiger partial charge in [0.15, 0.2) is 5.82 Å². The van der Waals surface area contributed by atoms with E-state index in [4.69, 9.17) is 5.73 Å². The fraction of sp³-hybridized carbons (Fsp3) is 0.167. The van der Waals surface area contributed by atoms with Crippen molar-refractivity contribution in [3.63, 3.8) is 0 Å². The first-order chi connectivity index (χ1) is 8.85. The van der Waals surface area contributed by atoms with Crippen molar-refractivity contribution in [1.82, 2.24) is 9.97 Å². The lowest BCUT2D eigenvalue weighted by molar-refractivity contribution is -0.274. The molecule has 2 rings (SSSR count). The summed E-state index contributed by atoms with van der Waals surface area (Å²) < 4.78 is 40.9. The van der Waals surface area contributed by atoms with Gasteiger partial charge in [0.2, 0.25) is 0 Å². The lowest BCUT2D eigenvalue weighted by Gasteiger charge is -2.12. The number of ether oxygens (including phenoxy) is 1. The molecule has 0 aliphatic rings. The minimum atomic E-state index is -4.77. The van der Waals surface area contributed by atoms with Crippen molar-refractivity contribution in [2.75, 3.05) is 5.73 Å². The van der Waals surface area contributed by atoms with Crippen molar-refractivity contribution in [2.24, 2.45) is 0 Å². The van der Waals surface area contributed by atoms with Gasteiger partial charge in [-0.3, -0.25) is 0 Å². The number of rotatable bonds is 2. The molecular weight excluding hydrogens is 259 g/mol. The number of nitrogen functional groups attached to an aromatic ring is 1. The number of halogens is 3. The van der Waals surface area contributed by atoms with Crippen LogP contribution in [-0.2, 0) is 0 Å². The summed E-state index contributed by atoms with van der Waals surface area (Å²) >= 11 is 0. The van der Waals surface area contributed by atoms with Crippen LogP contribution in [0.4, 0.5) is 19.0 Å². The number of benzene rings is 1. The van der Waals surface area contributed by atoms with Gasteiger partial charge in [-0.25, -0.2) is 9.97 Å². The number of aromatic nitrogens is 2. The molecule has 0 spiro atoms. The number of anilines is 1. The molecule has 1 aromatic heterocycles. The minimum Gasteiger partial charge on any atom is -0.405 e. The Labute approximate surface area is 107 Å². The fourth-order valence-electron chi connectivity index (χ4n) is 1.58. The van der Waals surface area contributed by atoms with E-state index in [9.17, 15) is 13.2 Å². The number of nitrogens with two attached hydrogens (primary N) is 1. The Morgan fingerprint density at radius 1 is 1.16 bits per heavy atom. The van der Waals surface area contributed by atoms with Gasteiger partial charge < -0.3 is 10.5 Å². The van der Waals surface area contributed by atoms with E-state index in [1.165, 1.54) is 24.3 Å². The number of para-hydroxylation sites is 1. The second kappa shape index (κ2) is 4.75. The smallest absolute Gasteiger partial charge is 0.405 e. The Hall–Kier alpha value is -2.31. The van der Waals surface area contributed by atoms with Crippen LogP contribution in [0, 0.1) is 6.92 Å². The van der Waals surface area contributed by atoms with Crippen LogP contribution in [0.5, 0.6) is 5.75 Å². The minimum absolute atomic E-state index is 0.0948. The molecule has 0 radical (unpaired) electrons. The molecule has 0 unspecified atom stereocenters. The molecule has 2 N–H and O–H groups in total. The summed E-state index contributed by atoms with van der Waals surface area (Å²) in [5.41, 5.74) is 6.25. The quantitative estimate of drug-likeness (QED) is 0.910. The van der Waals surface area contributed by atoms with Crippen LogP contribution < -0.4 is 10.5 Å². The molecule has 0 aliphatic heterocycles. The monoisotopic (exact) mass is 269 g/mol. The van der Waals surface area contributed by atoms with E-state index < -0.39 is 6.36 Å². The summed E-state index contributed by atoms with van der Waals surface area (Å²) in [4.78, 5) is 7.97. The molecule has 0 fully saturated rings.